The van der Waals surface area contributed by atoms with Crippen LogP contribution in [0.3, 0.4) is 0 Å². The standard InChI is InChI=1S/C28H31FO6/c29-23(16-30)24-25(32-17-20-10-4-1-5-11-20)26(33-18-21-12-6-2-7-13-21)27(28(31)35-24)34-19-22-14-8-3-9-15-22/h1-15,23-28,30-31H,16-19H2/t23-,24+,25+,26-,27-,28-/m0/s1. The van der Waals surface area contributed by atoms with E-state index in [-0.39, 0.29) is 19.8 Å². The Kier molecular flexibility index (Phi) is 9.36. The van der Waals surface area contributed by atoms with E-state index in [0.717, 1.165) is 16.7 Å². The number of benzene rings is 3. The molecule has 0 aliphatic carbocycles. The first kappa shape index (κ1) is 25.4. The van der Waals surface area contributed by atoms with Crippen LogP contribution >= 0.6 is 0 Å². The second-order valence-electron chi connectivity index (χ2n) is 8.47. The zero-order valence-electron chi connectivity index (χ0n) is 19.4. The van der Waals surface area contributed by atoms with E-state index in [2.05, 4.69) is 0 Å². The van der Waals surface area contributed by atoms with Crippen LogP contribution in [0.25, 0.3) is 0 Å². The average Bonchev–Trinajstić information content (AvgIpc) is 2.91. The highest BCUT2D eigenvalue weighted by atomic mass is 19.1. The van der Waals surface area contributed by atoms with Crippen LogP contribution in [0.1, 0.15) is 16.7 Å². The van der Waals surface area contributed by atoms with Crippen molar-refractivity contribution in [2.45, 2.75) is 56.7 Å². The Bertz CT molecular complexity index is 990. The Hall–Kier alpha value is -2.65. The Morgan fingerprint density at radius 2 is 1.06 bits per heavy atom. The fraction of sp³-hybridized carbons (Fsp3) is 0.357. The number of alkyl halides is 1. The third-order valence-electron chi connectivity index (χ3n) is 5.94. The van der Waals surface area contributed by atoms with Crippen molar-refractivity contribution in [3.05, 3.63) is 108 Å². The minimum Gasteiger partial charge on any atom is -0.393 e. The van der Waals surface area contributed by atoms with E-state index in [1.54, 1.807) is 0 Å². The van der Waals surface area contributed by atoms with E-state index in [4.69, 9.17) is 18.9 Å². The maximum absolute atomic E-state index is 14.8. The van der Waals surface area contributed by atoms with E-state index < -0.39 is 43.5 Å². The first-order valence-corrected chi connectivity index (χ1v) is 11.7. The highest BCUT2D eigenvalue weighted by Crippen LogP contribution is 2.31. The van der Waals surface area contributed by atoms with E-state index in [9.17, 15) is 14.6 Å². The van der Waals surface area contributed by atoms with Gasteiger partial charge in [-0.2, -0.15) is 0 Å². The van der Waals surface area contributed by atoms with Crippen molar-refractivity contribution in [2.24, 2.45) is 0 Å². The van der Waals surface area contributed by atoms with Gasteiger partial charge in [0.1, 0.15) is 24.4 Å². The molecule has 3 aromatic rings. The summed E-state index contributed by atoms with van der Waals surface area (Å²) in [7, 11) is 0. The molecule has 0 spiro atoms. The van der Waals surface area contributed by atoms with E-state index >= 15 is 0 Å². The zero-order chi connectivity index (χ0) is 24.5. The first-order chi connectivity index (χ1) is 17.2. The number of hydrogen-bond acceptors (Lipinski definition) is 6. The maximum Gasteiger partial charge on any atom is 0.184 e. The zero-order valence-corrected chi connectivity index (χ0v) is 19.4. The first-order valence-electron chi connectivity index (χ1n) is 11.7. The highest BCUT2D eigenvalue weighted by Gasteiger charge is 2.50. The van der Waals surface area contributed by atoms with E-state index in [0.29, 0.717) is 0 Å². The molecule has 4 rings (SSSR count). The summed E-state index contributed by atoms with van der Waals surface area (Å²) in [6.07, 6.45) is -7.22. The van der Waals surface area contributed by atoms with Gasteiger partial charge >= 0.3 is 0 Å². The maximum atomic E-state index is 14.8. The third kappa shape index (κ3) is 6.95. The lowest BCUT2D eigenvalue weighted by Crippen LogP contribution is -2.62. The van der Waals surface area contributed by atoms with Crippen LogP contribution in [0.15, 0.2) is 91.0 Å². The molecule has 1 aliphatic heterocycles. The monoisotopic (exact) mass is 482 g/mol. The van der Waals surface area contributed by atoms with Gasteiger partial charge in [-0.25, -0.2) is 4.39 Å². The summed E-state index contributed by atoms with van der Waals surface area (Å²) < 4.78 is 38.9. The molecular weight excluding hydrogens is 451 g/mol. The van der Waals surface area contributed by atoms with Crippen molar-refractivity contribution in [1.82, 2.24) is 0 Å². The second-order valence-corrected chi connectivity index (χ2v) is 8.47. The van der Waals surface area contributed by atoms with E-state index in [1.807, 2.05) is 91.0 Å². The van der Waals surface area contributed by atoms with Gasteiger partial charge in [0.2, 0.25) is 0 Å². The second kappa shape index (κ2) is 12.9. The molecule has 0 radical (unpaired) electrons. The molecule has 2 N–H and O–H groups in total. The number of halogens is 1. The molecular formula is C28H31FO6. The molecule has 0 bridgehead atoms. The van der Waals surface area contributed by atoms with E-state index in [1.165, 1.54) is 0 Å². The van der Waals surface area contributed by atoms with Crippen molar-refractivity contribution in [1.29, 1.82) is 0 Å². The molecule has 0 saturated carbocycles. The van der Waals surface area contributed by atoms with Crippen LogP contribution in [0.4, 0.5) is 4.39 Å². The van der Waals surface area contributed by atoms with Crippen LogP contribution < -0.4 is 0 Å². The molecule has 6 nitrogen and oxygen atoms in total. The summed E-state index contributed by atoms with van der Waals surface area (Å²) in [5.41, 5.74) is 2.71. The normalized spacial score (nSPS) is 25.3. The highest BCUT2D eigenvalue weighted by molar-refractivity contribution is 5.15. The molecule has 0 unspecified atom stereocenters. The summed E-state index contributed by atoms with van der Waals surface area (Å²) in [6.45, 7) is -0.191. The van der Waals surface area contributed by atoms with Gasteiger partial charge in [-0.3, -0.25) is 0 Å². The van der Waals surface area contributed by atoms with Crippen LogP contribution in [0.2, 0.25) is 0 Å². The molecule has 0 amide bonds. The average molecular weight is 483 g/mol. The van der Waals surface area contributed by atoms with Gasteiger partial charge in [0, 0.05) is 0 Å². The third-order valence-corrected chi connectivity index (χ3v) is 5.94. The molecule has 35 heavy (non-hydrogen) atoms. The minimum atomic E-state index is -1.77. The molecule has 7 heteroatoms. The van der Waals surface area contributed by atoms with Gasteiger partial charge in [-0.15, -0.1) is 0 Å². The summed E-state index contributed by atoms with van der Waals surface area (Å²) in [6, 6.07) is 28.5. The van der Waals surface area contributed by atoms with Crippen molar-refractivity contribution in [3.8, 4) is 0 Å². The van der Waals surface area contributed by atoms with Crippen LogP contribution in [0, 0.1) is 0 Å². The van der Waals surface area contributed by atoms with Gasteiger partial charge in [0.05, 0.1) is 26.4 Å². The van der Waals surface area contributed by atoms with Crippen molar-refractivity contribution < 1.29 is 33.6 Å². The minimum absolute atomic E-state index is 0.177. The summed E-state index contributed by atoms with van der Waals surface area (Å²) >= 11 is 0. The number of ether oxygens (including phenoxy) is 4. The number of aliphatic hydroxyl groups excluding tert-OH is 2. The largest absolute Gasteiger partial charge is 0.393 e. The Morgan fingerprint density at radius 1 is 0.657 bits per heavy atom. The lowest BCUT2D eigenvalue weighted by molar-refractivity contribution is -0.320. The van der Waals surface area contributed by atoms with Gasteiger partial charge in [0.15, 0.2) is 12.5 Å². The Labute approximate surface area is 204 Å². The molecule has 186 valence electrons. The lowest BCUT2D eigenvalue weighted by atomic mass is 9.95. The quantitative estimate of drug-likeness (QED) is 0.433. The molecule has 6 atom stereocenters. The summed E-state index contributed by atoms with van der Waals surface area (Å²) in [5, 5.41) is 20.3. The number of hydrogen-bond donors (Lipinski definition) is 2. The van der Waals surface area contributed by atoms with Gasteiger partial charge < -0.3 is 29.2 Å². The predicted molar refractivity (Wildman–Crippen MR) is 128 cm³/mol. The predicted octanol–water partition coefficient (Wildman–Crippen LogP) is 3.79. The molecule has 0 aromatic heterocycles. The Balaban J connectivity index is 1.58. The molecule has 1 saturated heterocycles. The lowest BCUT2D eigenvalue weighted by Gasteiger charge is -2.45. The van der Waals surface area contributed by atoms with Crippen LogP contribution in [-0.2, 0) is 38.8 Å². The van der Waals surface area contributed by atoms with Gasteiger partial charge in [-0.1, -0.05) is 91.0 Å². The van der Waals surface area contributed by atoms with Crippen molar-refractivity contribution in [3.63, 3.8) is 0 Å². The van der Waals surface area contributed by atoms with Gasteiger partial charge in [0.25, 0.3) is 0 Å². The molecule has 1 heterocycles. The van der Waals surface area contributed by atoms with Crippen LogP contribution in [0.5, 0.6) is 0 Å². The SMILES string of the molecule is OC[C@H](F)[C@H]1O[C@H](O)[C@@H](OCc2ccccc2)[C@@H](OCc2ccccc2)[C@@H]1OCc1ccccc1. The molecule has 3 aromatic carbocycles. The number of aliphatic hydroxyl groups is 2. The van der Waals surface area contributed by atoms with Crippen molar-refractivity contribution in [2.75, 3.05) is 6.61 Å². The molecule has 1 fully saturated rings. The summed E-state index contributed by atoms with van der Waals surface area (Å²) in [5.74, 6) is 0. The fourth-order valence-electron chi connectivity index (χ4n) is 4.10. The fourth-order valence-corrected chi connectivity index (χ4v) is 4.10. The topological polar surface area (TPSA) is 77.4 Å². The smallest absolute Gasteiger partial charge is 0.184 e. The summed E-state index contributed by atoms with van der Waals surface area (Å²) in [4.78, 5) is 0. The van der Waals surface area contributed by atoms with Crippen LogP contribution in [-0.4, -0.2) is 53.7 Å². The van der Waals surface area contributed by atoms with Crippen molar-refractivity contribution >= 4 is 0 Å². The molecule has 1 aliphatic rings. The number of rotatable bonds is 11. The Morgan fingerprint density at radius 3 is 1.49 bits per heavy atom. The van der Waals surface area contributed by atoms with Gasteiger partial charge in [-0.05, 0) is 16.7 Å².